The molecule has 0 aliphatic heterocycles. The predicted molar refractivity (Wildman–Crippen MR) is 50.7 cm³/mol. The van der Waals surface area contributed by atoms with Gasteiger partial charge in [-0.05, 0) is 28.9 Å². The first-order chi connectivity index (χ1) is 6.91. The number of ketones is 1. The van der Waals surface area contributed by atoms with Crippen LogP contribution in [0.15, 0.2) is 16.6 Å². The van der Waals surface area contributed by atoms with Gasteiger partial charge in [-0.2, -0.15) is 8.78 Å². The molecule has 6 heteroatoms. The highest BCUT2D eigenvalue weighted by molar-refractivity contribution is 9.10. The van der Waals surface area contributed by atoms with Crippen LogP contribution in [-0.4, -0.2) is 12.4 Å². The van der Waals surface area contributed by atoms with Gasteiger partial charge in [0.1, 0.15) is 11.6 Å². The zero-order chi connectivity index (χ0) is 11.6. The Morgan fingerprint density at radius 2 is 2.07 bits per heavy atom. The Bertz CT molecular complexity index is 393. The Balaban J connectivity index is 3.22. The Kier molecular flexibility index (Phi) is 3.73. The van der Waals surface area contributed by atoms with E-state index in [9.17, 15) is 18.0 Å². The minimum Gasteiger partial charge on any atom is -0.433 e. The van der Waals surface area contributed by atoms with Gasteiger partial charge in [0, 0.05) is 11.6 Å². The first-order valence-corrected chi connectivity index (χ1v) is 4.66. The first-order valence-electron chi connectivity index (χ1n) is 3.86. The number of hydrogen-bond donors (Lipinski definition) is 0. The molecule has 0 radical (unpaired) electrons. The van der Waals surface area contributed by atoms with Gasteiger partial charge >= 0.3 is 6.61 Å². The summed E-state index contributed by atoms with van der Waals surface area (Å²) in [7, 11) is 0. The average molecular weight is 283 g/mol. The molecule has 1 rings (SSSR count). The third-order valence-corrected chi connectivity index (χ3v) is 2.42. The zero-order valence-electron chi connectivity index (χ0n) is 7.56. The van der Waals surface area contributed by atoms with Crippen LogP contribution in [0.2, 0.25) is 0 Å². The number of carbonyl (C=O) groups excluding carboxylic acids is 1. The van der Waals surface area contributed by atoms with Crippen molar-refractivity contribution in [3.63, 3.8) is 0 Å². The molecule has 0 aromatic heterocycles. The van der Waals surface area contributed by atoms with Crippen molar-refractivity contribution in [1.82, 2.24) is 0 Å². The number of halogens is 4. The van der Waals surface area contributed by atoms with E-state index >= 15 is 0 Å². The average Bonchev–Trinajstić information content (AvgIpc) is 2.09. The summed E-state index contributed by atoms with van der Waals surface area (Å²) in [5, 5.41) is 0. The molecule has 1 aromatic carbocycles. The Morgan fingerprint density at radius 1 is 1.47 bits per heavy atom. The van der Waals surface area contributed by atoms with E-state index in [1.807, 2.05) is 0 Å². The monoisotopic (exact) mass is 282 g/mol. The van der Waals surface area contributed by atoms with Crippen LogP contribution < -0.4 is 4.74 Å². The summed E-state index contributed by atoms with van der Waals surface area (Å²) >= 11 is 2.90. The van der Waals surface area contributed by atoms with Gasteiger partial charge < -0.3 is 4.74 Å². The molecular formula is C9H6BrF3O2. The standard InChI is InChI=1S/C9H6BrF3O2/c1-4(14)6-2-5(11)3-7(8(6)10)15-9(12)13/h2-3,9H,1H3. The molecule has 0 heterocycles. The van der Waals surface area contributed by atoms with Crippen molar-refractivity contribution in [3.05, 3.63) is 28.0 Å². The van der Waals surface area contributed by atoms with Crippen molar-refractivity contribution in [2.24, 2.45) is 0 Å². The molecule has 2 nitrogen and oxygen atoms in total. The molecule has 0 atom stereocenters. The van der Waals surface area contributed by atoms with Gasteiger partial charge in [-0.3, -0.25) is 4.79 Å². The molecule has 0 amide bonds. The van der Waals surface area contributed by atoms with E-state index in [0.29, 0.717) is 0 Å². The van der Waals surface area contributed by atoms with Gasteiger partial charge in [0.05, 0.1) is 4.47 Å². The molecule has 0 spiro atoms. The molecule has 0 aliphatic carbocycles. The van der Waals surface area contributed by atoms with Crippen molar-refractivity contribution in [1.29, 1.82) is 0 Å². The van der Waals surface area contributed by atoms with Gasteiger partial charge in [-0.1, -0.05) is 0 Å². The summed E-state index contributed by atoms with van der Waals surface area (Å²) < 4.78 is 40.8. The topological polar surface area (TPSA) is 26.3 Å². The summed E-state index contributed by atoms with van der Waals surface area (Å²) in [5.74, 6) is -1.64. The second-order valence-corrected chi connectivity index (χ2v) is 3.49. The second-order valence-electron chi connectivity index (χ2n) is 2.70. The Hall–Kier alpha value is -1.04. The smallest absolute Gasteiger partial charge is 0.387 e. The van der Waals surface area contributed by atoms with E-state index in [1.165, 1.54) is 6.92 Å². The fraction of sp³-hybridized carbons (Fsp3) is 0.222. The predicted octanol–water partition coefficient (Wildman–Crippen LogP) is 3.39. The lowest BCUT2D eigenvalue weighted by Gasteiger charge is -2.09. The maximum Gasteiger partial charge on any atom is 0.387 e. The SMILES string of the molecule is CC(=O)c1cc(F)cc(OC(F)F)c1Br. The highest BCUT2D eigenvalue weighted by Crippen LogP contribution is 2.31. The van der Waals surface area contributed by atoms with Crippen LogP contribution in [-0.2, 0) is 0 Å². The maximum atomic E-state index is 12.9. The summed E-state index contributed by atoms with van der Waals surface area (Å²) in [4.78, 5) is 11.0. The Morgan fingerprint density at radius 3 is 2.53 bits per heavy atom. The molecule has 0 bridgehead atoms. The van der Waals surface area contributed by atoms with Gasteiger partial charge in [-0.25, -0.2) is 4.39 Å². The van der Waals surface area contributed by atoms with Crippen LogP contribution >= 0.6 is 15.9 Å². The molecule has 82 valence electrons. The third-order valence-electron chi connectivity index (χ3n) is 1.60. The van der Waals surface area contributed by atoms with Gasteiger partial charge in [0.25, 0.3) is 0 Å². The van der Waals surface area contributed by atoms with E-state index in [1.54, 1.807) is 0 Å². The fourth-order valence-corrected chi connectivity index (χ4v) is 1.60. The van der Waals surface area contributed by atoms with Crippen molar-refractivity contribution in [3.8, 4) is 5.75 Å². The lowest BCUT2D eigenvalue weighted by atomic mass is 10.1. The van der Waals surface area contributed by atoms with Crippen LogP contribution in [0.1, 0.15) is 17.3 Å². The lowest BCUT2D eigenvalue weighted by molar-refractivity contribution is -0.0505. The van der Waals surface area contributed by atoms with Crippen molar-refractivity contribution >= 4 is 21.7 Å². The van der Waals surface area contributed by atoms with E-state index in [2.05, 4.69) is 20.7 Å². The number of rotatable bonds is 3. The minimum absolute atomic E-state index is 0.0247. The summed E-state index contributed by atoms with van der Waals surface area (Å²) in [6, 6.07) is 1.73. The zero-order valence-corrected chi connectivity index (χ0v) is 9.15. The lowest BCUT2D eigenvalue weighted by Crippen LogP contribution is -2.05. The molecule has 0 saturated heterocycles. The van der Waals surface area contributed by atoms with E-state index in [0.717, 1.165) is 12.1 Å². The van der Waals surface area contributed by atoms with E-state index < -0.39 is 24.0 Å². The van der Waals surface area contributed by atoms with Gasteiger partial charge in [0.2, 0.25) is 0 Å². The number of Topliss-reactive ketones (excluding diaryl/α,β-unsaturated/α-hetero) is 1. The largest absolute Gasteiger partial charge is 0.433 e. The van der Waals surface area contributed by atoms with Crippen LogP contribution in [0.25, 0.3) is 0 Å². The van der Waals surface area contributed by atoms with E-state index in [-0.39, 0.29) is 10.0 Å². The van der Waals surface area contributed by atoms with Crippen molar-refractivity contribution in [2.45, 2.75) is 13.5 Å². The molecule has 0 N–H and O–H groups in total. The van der Waals surface area contributed by atoms with Crippen LogP contribution in [0.4, 0.5) is 13.2 Å². The molecule has 0 aliphatic rings. The normalized spacial score (nSPS) is 10.5. The van der Waals surface area contributed by atoms with Crippen LogP contribution in [0, 0.1) is 5.82 Å². The summed E-state index contributed by atoms with van der Waals surface area (Å²) in [6.45, 7) is -1.87. The third kappa shape index (κ3) is 2.95. The van der Waals surface area contributed by atoms with Gasteiger partial charge in [-0.15, -0.1) is 0 Å². The van der Waals surface area contributed by atoms with E-state index in [4.69, 9.17) is 0 Å². The minimum atomic E-state index is -3.07. The molecule has 0 unspecified atom stereocenters. The molecule has 15 heavy (non-hydrogen) atoms. The first kappa shape index (κ1) is 12.0. The quantitative estimate of drug-likeness (QED) is 0.795. The number of alkyl halides is 2. The summed E-state index contributed by atoms with van der Waals surface area (Å²) in [6.07, 6.45) is 0. The fourth-order valence-electron chi connectivity index (χ4n) is 1.00. The van der Waals surface area contributed by atoms with Crippen LogP contribution in [0.3, 0.4) is 0 Å². The number of ether oxygens (including phenoxy) is 1. The highest BCUT2D eigenvalue weighted by Gasteiger charge is 2.16. The molecule has 0 fully saturated rings. The number of hydrogen-bond acceptors (Lipinski definition) is 2. The van der Waals surface area contributed by atoms with Crippen molar-refractivity contribution < 1.29 is 22.7 Å². The molecule has 1 aromatic rings. The second kappa shape index (κ2) is 4.65. The highest BCUT2D eigenvalue weighted by atomic mass is 79.9. The number of carbonyl (C=O) groups is 1. The van der Waals surface area contributed by atoms with Crippen molar-refractivity contribution in [2.75, 3.05) is 0 Å². The molecular weight excluding hydrogens is 277 g/mol. The van der Waals surface area contributed by atoms with Crippen LogP contribution in [0.5, 0.6) is 5.75 Å². The number of benzene rings is 1. The summed E-state index contributed by atoms with van der Waals surface area (Å²) in [5.41, 5.74) is -0.0364. The molecule has 0 saturated carbocycles. The van der Waals surface area contributed by atoms with Gasteiger partial charge in [0.15, 0.2) is 5.78 Å². The maximum absolute atomic E-state index is 12.9. The Labute approximate surface area is 92.2 Å².